The van der Waals surface area contributed by atoms with Gasteiger partial charge in [-0.1, -0.05) is 0 Å². The van der Waals surface area contributed by atoms with Gasteiger partial charge in [0.1, 0.15) is 0 Å². The van der Waals surface area contributed by atoms with E-state index in [-0.39, 0.29) is 24.8 Å². The maximum atomic E-state index is 6.09. The van der Waals surface area contributed by atoms with Crippen LogP contribution in [-0.2, 0) is 0 Å². The minimum absolute atomic E-state index is 0. The first-order valence-corrected chi connectivity index (χ1v) is 5.89. The van der Waals surface area contributed by atoms with Crippen LogP contribution in [0, 0.1) is 0 Å². The third-order valence-electron chi connectivity index (χ3n) is 3.29. The van der Waals surface area contributed by atoms with E-state index >= 15 is 0 Å². The van der Waals surface area contributed by atoms with Crippen molar-refractivity contribution in [2.45, 2.75) is 37.1 Å². The Bertz CT molecular complexity index is 155. The predicted molar refractivity (Wildman–Crippen MR) is 70.8 cm³/mol. The lowest BCUT2D eigenvalue weighted by Crippen LogP contribution is -2.49. The van der Waals surface area contributed by atoms with E-state index in [1.165, 1.54) is 51.9 Å². The summed E-state index contributed by atoms with van der Waals surface area (Å²) in [6, 6.07) is 0.831. The Hall–Kier alpha value is 0.790. The Kier molecular flexibility index (Phi) is 8.39. The summed E-state index contributed by atoms with van der Waals surface area (Å²) in [5.74, 6) is 0. The van der Waals surface area contributed by atoms with Crippen molar-refractivity contribution in [1.82, 2.24) is 10.2 Å². The van der Waals surface area contributed by atoms with Gasteiger partial charge >= 0.3 is 0 Å². The van der Waals surface area contributed by atoms with E-state index in [9.17, 15) is 0 Å². The molecule has 0 spiro atoms. The fourth-order valence-corrected chi connectivity index (χ4v) is 2.70. The Morgan fingerprint density at radius 1 is 0.933 bits per heavy atom. The standard InChI is InChI=1S/C10H19ClN2.2ClH/c11-9-1-3-10(4-2-9)13-7-5-12-6-8-13;;/h9-10,12H,1-8H2;2*1H. The summed E-state index contributed by atoms with van der Waals surface area (Å²) in [7, 11) is 0. The van der Waals surface area contributed by atoms with Crippen LogP contribution in [0.1, 0.15) is 25.7 Å². The van der Waals surface area contributed by atoms with E-state index in [0.717, 1.165) is 6.04 Å². The van der Waals surface area contributed by atoms with Crippen LogP contribution in [-0.4, -0.2) is 42.5 Å². The third-order valence-corrected chi connectivity index (χ3v) is 3.73. The normalized spacial score (nSPS) is 32.6. The first-order chi connectivity index (χ1) is 6.36. The summed E-state index contributed by atoms with van der Waals surface area (Å²) >= 11 is 6.09. The number of hydrogen-bond acceptors (Lipinski definition) is 2. The average molecular weight is 276 g/mol. The molecule has 0 aromatic heterocycles. The smallest absolute Gasteiger partial charge is 0.0337 e. The van der Waals surface area contributed by atoms with Gasteiger partial charge in [0.05, 0.1) is 0 Å². The quantitative estimate of drug-likeness (QED) is 0.739. The molecule has 92 valence electrons. The van der Waals surface area contributed by atoms with Crippen LogP contribution in [0.15, 0.2) is 0 Å². The number of halogens is 3. The number of nitrogens with zero attached hydrogens (tertiary/aromatic N) is 1. The van der Waals surface area contributed by atoms with E-state index in [1.807, 2.05) is 0 Å². The summed E-state index contributed by atoms with van der Waals surface area (Å²) < 4.78 is 0. The van der Waals surface area contributed by atoms with E-state index in [0.29, 0.717) is 5.38 Å². The summed E-state index contributed by atoms with van der Waals surface area (Å²) in [5.41, 5.74) is 0. The second kappa shape index (κ2) is 7.97. The van der Waals surface area contributed by atoms with Gasteiger partial charge in [0, 0.05) is 37.6 Å². The monoisotopic (exact) mass is 274 g/mol. The molecule has 1 N–H and O–H groups in total. The van der Waals surface area contributed by atoms with Crippen LogP contribution in [0.3, 0.4) is 0 Å². The summed E-state index contributed by atoms with van der Waals surface area (Å²) in [4.78, 5) is 2.64. The van der Waals surface area contributed by atoms with Gasteiger partial charge < -0.3 is 5.32 Å². The third kappa shape index (κ3) is 4.66. The van der Waals surface area contributed by atoms with Crippen molar-refractivity contribution in [3.05, 3.63) is 0 Å². The van der Waals surface area contributed by atoms with Crippen LogP contribution in [0.4, 0.5) is 0 Å². The molecule has 5 heteroatoms. The van der Waals surface area contributed by atoms with Crippen LogP contribution in [0.2, 0.25) is 0 Å². The molecule has 1 aliphatic heterocycles. The molecule has 0 unspecified atom stereocenters. The highest BCUT2D eigenvalue weighted by atomic mass is 35.5. The predicted octanol–water partition coefficient (Wildman–Crippen LogP) is 2.29. The molecule has 1 heterocycles. The van der Waals surface area contributed by atoms with Crippen molar-refractivity contribution >= 4 is 36.4 Å². The highest BCUT2D eigenvalue weighted by Gasteiger charge is 2.25. The molecular formula is C10H21Cl3N2. The molecule has 15 heavy (non-hydrogen) atoms. The lowest BCUT2D eigenvalue weighted by molar-refractivity contribution is 0.140. The number of nitrogens with one attached hydrogen (secondary N) is 1. The molecule has 2 rings (SSSR count). The average Bonchev–Trinajstić information content (AvgIpc) is 2.20. The lowest BCUT2D eigenvalue weighted by Gasteiger charge is -2.38. The van der Waals surface area contributed by atoms with E-state index in [1.54, 1.807) is 0 Å². The second-order valence-electron chi connectivity index (χ2n) is 4.19. The Morgan fingerprint density at radius 3 is 2.00 bits per heavy atom. The van der Waals surface area contributed by atoms with Crippen LogP contribution in [0.25, 0.3) is 0 Å². The zero-order valence-electron chi connectivity index (χ0n) is 8.95. The first kappa shape index (κ1) is 15.8. The van der Waals surface area contributed by atoms with Gasteiger partial charge in [0.15, 0.2) is 0 Å². The highest BCUT2D eigenvalue weighted by Crippen LogP contribution is 2.26. The molecule has 0 aromatic carbocycles. The minimum Gasteiger partial charge on any atom is -0.314 e. The van der Waals surface area contributed by atoms with Gasteiger partial charge in [-0.2, -0.15) is 0 Å². The maximum absolute atomic E-state index is 6.09. The highest BCUT2D eigenvalue weighted by molar-refractivity contribution is 6.20. The molecule has 0 atom stereocenters. The van der Waals surface area contributed by atoms with Crippen LogP contribution in [0.5, 0.6) is 0 Å². The molecule has 1 aliphatic carbocycles. The van der Waals surface area contributed by atoms with Crippen molar-refractivity contribution in [2.75, 3.05) is 26.2 Å². The number of hydrogen-bond donors (Lipinski definition) is 1. The van der Waals surface area contributed by atoms with Crippen molar-refractivity contribution < 1.29 is 0 Å². The van der Waals surface area contributed by atoms with Crippen molar-refractivity contribution in [3.8, 4) is 0 Å². The number of piperazine rings is 1. The molecule has 1 saturated carbocycles. The van der Waals surface area contributed by atoms with Crippen molar-refractivity contribution in [1.29, 1.82) is 0 Å². The Morgan fingerprint density at radius 2 is 1.47 bits per heavy atom. The molecular weight excluding hydrogens is 254 g/mol. The minimum atomic E-state index is 0. The van der Waals surface area contributed by atoms with Crippen LogP contribution >= 0.6 is 36.4 Å². The molecule has 2 fully saturated rings. The van der Waals surface area contributed by atoms with Gasteiger partial charge in [-0.3, -0.25) is 4.90 Å². The van der Waals surface area contributed by atoms with Gasteiger partial charge in [-0.05, 0) is 25.7 Å². The van der Waals surface area contributed by atoms with E-state index in [4.69, 9.17) is 11.6 Å². The summed E-state index contributed by atoms with van der Waals surface area (Å²) in [6.07, 6.45) is 5.06. The second-order valence-corrected chi connectivity index (χ2v) is 4.81. The zero-order chi connectivity index (χ0) is 9.10. The van der Waals surface area contributed by atoms with Gasteiger partial charge in [0.25, 0.3) is 0 Å². The van der Waals surface area contributed by atoms with Crippen molar-refractivity contribution in [2.24, 2.45) is 0 Å². The fourth-order valence-electron chi connectivity index (χ4n) is 2.45. The fraction of sp³-hybridized carbons (Fsp3) is 1.00. The number of alkyl halides is 1. The van der Waals surface area contributed by atoms with Gasteiger partial charge in [-0.25, -0.2) is 0 Å². The Labute approximate surface area is 110 Å². The molecule has 1 saturated heterocycles. The van der Waals surface area contributed by atoms with Gasteiger partial charge in [-0.15, -0.1) is 36.4 Å². The van der Waals surface area contributed by atoms with E-state index in [2.05, 4.69) is 10.2 Å². The molecule has 2 aliphatic rings. The summed E-state index contributed by atoms with van der Waals surface area (Å²) in [6.45, 7) is 4.80. The van der Waals surface area contributed by atoms with Crippen molar-refractivity contribution in [3.63, 3.8) is 0 Å². The number of rotatable bonds is 1. The zero-order valence-corrected chi connectivity index (χ0v) is 11.3. The SMILES string of the molecule is Cl.Cl.ClC1CCC(N2CCNCC2)CC1. The van der Waals surface area contributed by atoms with E-state index < -0.39 is 0 Å². The lowest BCUT2D eigenvalue weighted by atomic mass is 9.93. The first-order valence-electron chi connectivity index (χ1n) is 5.45. The van der Waals surface area contributed by atoms with Gasteiger partial charge in [0.2, 0.25) is 0 Å². The molecule has 2 nitrogen and oxygen atoms in total. The topological polar surface area (TPSA) is 15.3 Å². The van der Waals surface area contributed by atoms with Crippen LogP contribution < -0.4 is 5.32 Å². The molecule has 0 radical (unpaired) electrons. The maximum Gasteiger partial charge on any atom is 0.0337 e. The summed E-state index contributed by atoms with van der Waals surface area (Å²) in [5, 5.41) is 3.85. The molecule has 0 amide bonds. The molecule has 0 aromatic rings. The molecule has 0 bridgehead atoms. The largest absolute Gasteiger partial charge is 0.314 e. The Balaban J connectivity index is 0.000000980.